The maximum atomic E-state index is 6.00. The van der Waals surface area contributed by atoms with Gasteiger partial charge in [-0.05, 0) is 57.1 Å². The number of guanidine groups is 1. The molecule has 1 aliphatic rings. The molecule has 1 saturated heterocycles. The Morgan fingerprint density at radius 2 is 1.83 bits per heavy atom. The number of likely N-dealkylation sites (tertiary alicyclic amines) is 1. The van der Waals surface area contributed by atoms with Crippen molar-refractivity contribution in [2.45, 2.75) is 31.9 Å². The van der Waals surface area contributed by atoms with Crippen molar-refractivity contribution in [3.8, 4) is 11.5 Å². The summed E-state index contributed by atoms with van der Waals surface area (Å²) in [6.07, 6.45) is 4.16. The van der Waals surface area contributed by atoms with Crippen LogP contribution in [0.3, 0.4) is 0 Å². The highest BCUT2D eigenvalue weighted by atomic mass is 16.5. The van der Waals surface area contributed by atoms with Gasteiger partial charge in [0.1, 0.15) is 11.9 Å². The smallest absolute Gasteiger partial charge is 0.191 e. The van der Waals surface area contributed by atoms with Crippen LogP contribution in [0.2, 0.25) is 0 Å². The van der Waals surface area contributed by atoms with Crippen molar-refractivity contribution in [3.63, 3.8) is 0 Å². The van der Waals surface area contributed by atoms with E-state index in [1.165, 1.54) is 12.8 Å². The number of para-hydroxylation sites is 2. The minimum absolute atomic E-state index is 0.0516. The molecule has 2 N–H and O–H groups in total. The van der Waals surface area contributed by atoms with Crippen molar-refractivity contribution in [2.24, 2.45) is 4.99 Å². The van der Waals surface area contributed by atoms with Gasteiger partial charge in [-0.15, -0.1) is 0 Å². The Balaban J connectivity index is 1.50. The van der Waals surface area contributed by atoms with Gasteiger partial charge >= 0.3 is 0 Å². The number of methoxy groups -OCH3 is 1. The second kappa shape index (κ2) is 10.8. The molecule has 7 nitrogen and oxygen atoms in total. The van der Waals surface area contributed by atoms with Crippen LogP contribution in [0.15, 0.2) is 52.1 Å². The molecule has 0 radical (unpaired) electrons. The Bertz CT molecular complexity index is 757. The fourth-order valence-corrected chi connectivity index (χ4v) is 3.57. The summed E-state index contributed by atoms with van der Waals surface area (Å²) in [7, 11) is 3.42. The highest BCUT2D eigenvalue weighted by molar-refractivity contribution is 5.79. The summed E-state index contributed by atoms with van der Waals surface area (Å²) in [6, 6.07) is 11.9. The molecule has 7 heteroatoms. The SMILES string of the molecule is CN=C(NCC(C)Oc1ccccc1OC)NCC(c1ccco1)N1CCCC1. The molecule has 1 fully saturated rings. The lowest BCUT2D eigenvalue weighted by Crippen LogP contribution is -2.45. The number of rotatable bonds is 9. The highest BCUT2D eigenvalue weighted by Crippen LogP contribution is 2.27. The first kappa shape index (κ1) is 21.0. The zero-order valence-corrected chi connectivity index (χ0v) is 17.6. The van der Waals surface area contributed by atoms with Crippen LogP contribution in [0.1, 0.15) is 31.6 Å². The Morgan fingerprint density at radius 3 is 2.48 bits per heavy atom. The molecule has 3 rings (SSSR count). The topological polar surface area (TPSA) is 71.3 Å². The maximum Gasteiger partial charge on any atom is 0.191 e. The van der Waals surface area contributed by atoms with Gasteiger partial charge in [-0.3, -0.25) is 9.89 Å². The molecule has 1 aromatic heterocycles. The van der Waals surface area contributed by atoms with Crippen LogP contribution in [0.4, 0.5) is 0 Å². The highest BCUT2D eigenvalue weighted by Gasteiger charge is 2.25. The van der Waals surface area contributed by atoms with Crippen molar-refractivity contribution in [3.05, 3.63) is 48.4 Å². The van der Waals surface area contributed by atoms with Crippen LogP contribution in [0, 0.1) is 0 Å². The molecule has 29 heavy (non-hydrogen) atoms. The molecule has 0 spiro atoms. The second-order valence-electron chi connectivity index (χ2n) is 7.19. The normalized spacial score (nSPS) is 17.0. The molecule has 0 bridgehead atoms. The summed E-state index contributed by atoms with van der Waals surface area (Å²) in [5.74, 6) is 3.20. The lowest BCUT2D eigenvalue weighted by molar-refractivity contribution is 0.210. The molecule has 2 aromatic rings. The third-order valence-corrected chi connectivity index (χ3v) is 5.09. The van der Waals surface area contributed by atoms with E-state index in [-0.39, 0.29) is 12.1 Å². The third kappa shape index (κ3) is 5.90. The van der Waals surface area contributed by atoms with Gasteiger partial charge in [0.2, 0.25) is 0 Å². The van der Waals surface area contributed by atoms with Crippen LogP contribution in [-0.2, 0) is 0 Å². The molecule has 0 amide bonds. The van der Waals surface area contributed by atoms with Gasteiger partial charge < -0.3 is 24.5 Å². The Labute approximate surface area is 173 Å². The largest absolute Gasteiger partial charge is 0.493 e. The molecule has 1 aromatic carbocycles. The number of aliphatic imine (C=N–C) groups is 1. The fraction of sp³-hybridized carbons (Fsp3) is 0.500. The average molecular weight is 401 g/mol. The van der Waals surface area contributed by atoms with Crippen molar-refractivity contribution in [1.82, 2.24) is 15.5 Å². The predicted octanol–water partition coefficient (Wildman–Crippen LogP) is 3.06. The van der Waals surface area contributed by atoms with Gasteiger partial charge in [-0.2, -0.15) is 0 Å². The summed E-state index contributed by atoms with van der Waals surface area (Å²) in [5.41, 5.74) is 0. The standard InChI is InChI=1S/C22H32N4O3/c1-17(29-21-10-5-4-9-20(21)27-3)15-24-22(23-2)25-16-18(19-11-8-14-28-19)26-12-6-7-13-26/h4-5,8-11,14,17-18H,6-7,12-13,15-16H2,1-3H3,(H2,23,24,25). The minimum Gasteiger partial charge on any atom is -0.493 e. The third-order valence-electron chi connectivity index (χ3n) is 5.09. The summed E-state index contributed by atoms with van der Waals surface area (Å²) in [4.78, 5) is 6.81. The number of benzene rings is 1. The van der Waals surface area contributed by atoms with E-state index in [1.54, 1.807) is 20.4 Å². The summed E-state index contributed by atoms with van der Waals surface area (Å²) in [6.45, 7) is 5.57. The molecule has 0 saturated carbocycles. The summed E-state index contributed by atoms with van der Waals surface area (Å²) >= 11 is 0. The maximum absolute atomic E-state index is 6.00. The number of nitrogens with zero attached hydrogens (tertiary/aromatic N) is 2. The molecule has 0 aliphatic carbocycles. The van der Waals surface area contributed by atoms with Crippen LogP contribution >= 0.6 is 0 Å². The minimum atomic E-state index is -0.0516. The van der Waals surface area contributed by atoms with E-state index in [4.69, 9.17) is 13.9 Å². The van der Waals surface area contributed by atoms with Gasteiger partial charge in [0.15, 0.2) is 17.5 Å². The van der Waals surface area contributed by atoms with Crippen LogP contribution in [0.25, 0.3) is 0 Å². The fourth-order valence-electron chi connectivity index (χ4n) is 3.57. The summed E-state index contributed by atoms with van der Waals surface area (Å²) < 4.78 is 17.0. The monoisotopic (exact) mass is 400 g/mol. The van der Waals surface area contributed by atoms with Gasteiger partial charge in [0.25, 0.3) is 0 Å². The lowest BCUT2D eigenvalue weighted by Gasteiger charge is -2.27. The predicted molar refractivity (Wildman–Crippen MR) is 115 cm³/mol. The zero-order chi connectivity index (χ0) is 20.5. The van der Waals surface area contributed by atoms with E-state index in [9.17, 15) is 0 Å². The Kier molecular flexibility index (Phi) is 7.81. The molecular weight excluding hydrogens is 368 g/mol. The second-order valence-corrected chi connectivity index (χ2v) is 7.19. The molecule has 2 heterocycles. The number of ether oxygens (including phenoxy) is 2. The van der Waals surface area contributed by atoms with Crippen LogP contribution < -0.4 is 20.1 Å². The first-order chi connectivity index (χ1) is 14.2. The van der Waals surface area contributed by atoms with E-state index >= 15 is 0 Å². The van der Waals surface area contributed by atoms with Crippen LogP contribution in [-0.4, -0.2) is 57.3 Å². The number of hydrogen-bond donors (Lipinski definition) is 2. The van der Waals surface area contributed by atoms with Gasteiger partial charge in [-0.25, -0.2) is 0 Å². The summed E-state index contributed by atoms with van der Waals surface area (Å²) in [5, 5.41) is 6.78. The lowest BCUT2D eigenvalue weighted by atomic mass is 10.2. The molecule has 2 unspecified atom stereocenters. The molecule has 2 atom stereocenters. The first-order valence-corrected chi connectivity index (χ1v) is 10.2. The average Bonchev–Trinajstić information content (AvgIpc) is 3.45. The molecular formula is C22H32N4O3. The van der Waals surface area contributed by atoms with Crippen molar-refractivity contribution < 1.29 is 13.9 Å². The van der Waals surface area contributed by atoms with Crippen molar-refractivity contribution >= 4 is 5.96 Å². The van der Waals surface area contributed by atoms with E-state index < -0.39 is 0 Å². The molecule has 158 valence electrons. The first-order valence-electron chi connectivity index (χ1n) is 10.2. The van der Waals surface area contributed by atoms with Gasteiger partial charge in [-0.1, -0.05) is 12.1 Å². The number of furan rings is 1. The van der Waals surface area contributed by atoms with Crippen molar-refractivity contribution in [1.29, 1.82) is 0 Å². The van der Waals surface area contributed by atoms with E-state index in [0.29, 0.717) is 6.54 Å². The molecule has 1 aliphatic heterocycles. The number of hydrogen-bond acceptors (Lipinski definition) is 5. The van der Waals surface area contributed by atoms with Crippen LogP contribution in [0.5, 0.6) is 11.5 Å². The van der Waals surface area contributed by atoms with Gasteiger partial charge in [0.05, 0.1) is 26.0 Å². The van der Waals surface area contributed by atoms with Crippen molar-refractivity contribution in [2.75, 3.05) is 40.3 Å². The Hall–Kier alpha value is -2.67. The van der Waals surface area contributed by atoms with Gasteiger partial charge in [0, 0.05) is 13.6 Å². The van der Waals surface area contributed by atoms with E-state index in [2.05, 4.69) is 20.5 Å². The van der Waals surface area contributed by atoms with E-state index in [1.807, 2.05) is 43.3 Å². The quantitative estimate of drug-likeness (QED) is 0.498. The van der Waals surface area contributed by atoms with E-state index in [0.717, 1.165) is 42.9 Å². The zero-order valence-electron chi connectivity index (χ0n) is 17.6. The Morgan fingerprint density at radius 1 is 1.10 bits per heavy atom. The number of nitrogens with one attached hydrogen (secondary N) is 2.